The van der Waals surface area contributed by atoms with Crippen LogP contribution in [0.2, 0.25) is 0 Å². The van der Waals surface area contributed by atoms with E-state index in [2.05, 4.69) is 36.1 Å². The summed E-state index contributed by atoms with van der Waals surface area (Å²) in [4.78, 5) is 14.2. The standard InChI is InChI=1S/C15H21NO/c1-4-12-5-7-13(8-6-12)16-10-9-15(2,3)14(17)11-16/h5-8H,4,9-11H2,1-3H3. The van der Waals surface area contributed by atoms with Gasteiger partial charge in [0.05, 0.1) is 6.54 Å². The van der Waals surface area contributed by atoms with Crippen molar-refractivity contribution in [2.75, 3.05) is 18.0 Å². The van der Waals surface area contributed by atoms with Gasteiger partial charge in [-0.05, 0) is 30.5 Å². The van der Waals surface area contributed by atoms with Gasteiger partial charge in [0.2, 0.25) is 0 Å². The summed E-state index contributed by atoms with van der Waals surface area (Å²) < 4.78 is 0. The number of anilines is 1. The molecule has 2 rings (SSSR count). The smallest absolute Gasteiger partial charge is 0.157 e. The summed E-state index contributed by atoms with van der Waals surface area (Å²) in [5.41, 5.74) is 2.38. The first kappa shape index (κ1) is 12.2. The molecule has 1 aliphatic rings. The fraction of sp³-hybridized carbons (Fsp3) is 0.533. The quantitative estimate of drug-likeness (QED) is 0.779. The van der Waals surface area contributed by atoms with Crippen molar-refractivity contribution in [1.82, 2.24) is 0 Å². The summed E-state index contributed by atoms with van der Waals surface area (Å²) in [7, 11) is 0. The molecular weight excluding hydrogens is 210 g/mol. The summed E-state index contributed by atoms with van der Waals surface area (Å²) in [5.74, 6) is 0.350. The van der Waals surface area contributed by atoms with E-state index < -0.39 is 0 Å². The summed E-state index contributed by atoms with van der Waals surface area (Å²) in [6.45, 7) is 7.78. The van der Waals surface area contributed by atoms with Gasteiger partial charge in [0.1, 0.15) is 0 Å². The molecule has 0 saturated carbocycles. The average Bonchev–Trinajstić information content (AvgIpc) is 2.33. The molecule has 0 amide bonds. The Balaban J connectivity index is 2.11. The van der Waals surface area contributed by atoms with Crippen molar-refractivity contribution in [3.05, 3.63) is 29.8 Å². The molecule has 1 aliphatic heterocycles. The molecule has 1 aromatic rings. The number of hydrogen-bond donors (Lipinski definition) is 0. The maximum atomic E-state index is 12.0. The van der Waals surface area contributed by atoms with E-state index in [0.29, 0.717) is 12.3 Å². The topological polar surface area (TPSA) is 20.3 Å². The van der Waals surface area contributed by atoms with Crippen LogP contribution < -0.4 is 4.90 Å². The molecule has 0 bridgehead atoms. The van der Waals surface area contributed by atoms with Crippen molar-refractivity contribution < 1.29 is 4.79 Å². The maximum Gasteiger partial charge on any atom is 0.157 e. The van der Waals surface area contributed by atoms with Crippen molar-refractivity contribution >= 4 is 11.5 Å². The number of carbonyl (C=O) groups is 1. The molecule has 92 valence electrons. The third kappa shape index (κ3) is 2.51. The number of nitrogens with zero attached hydrogens (tertiary/aromatic N) is 1. The van der Waals surface area contributed by atoms with E-state index in [1.165, 1.54) is 11.3 Å². The lowest BCUT2D eigenvalue weighted by Gasteiger charge is -2.36. The second-order valence-corrected chi connectivity index (χ2v) is 5.50. The minimum Gasteiger partial charge on any atom is -0.364 e. The number of benzene rings is 1. The van der Waals surface area contributed by atoms with Gasteiger partial charge in [-0.2, -0.15) is 0 Å². The molecule has 0 radical (unpaired) electrons. The zero-order valence-electron chi connectivity index (χ0n) is 11.0. The van der Waals surface area contributed by atoms with Crippen LogP contribution >= 0.6 is 0 Å². The van der Waals surface area contributed by atoms with Crippen LogP contribution in [0, 0.1) is 5.41 Å². The highest BCUT2D eigenvalue weighted by molar-refractivity contribution is 5.89. The molecule has 1 fully saturated rings. The number of carbonyl (C=O) groups excluding carboxylic acids is 1. The largest absolute Gasteiger partial charge is 0.364 e. The van der Waals surface area contributed by atoms with E-state index in [9.17, 15) is 4.79 Å². The van der Waals surface area contributed by atoms with Crippen LogP contribution in [0.5, 0.6) is 0 Å². The Kier molecular flexibility index (Phi) is 3.23. The number of piperidine rings is 1. The molecule has 2 nitrogen and oxygen atoms in total. The number of aryl methyl sites for hydroxylation is 1. The molecule has 0 unspecified atom stereocenters. The van der Waals surface area contributed by atoms with Gasteiger partial charge < -0.3 is 4.90 Å². The van der Waals surface area contributed by atoms with Crippen LogP contribution in [0.3, 0.4) is 0 Å². The first-order valence-electron chi connectivity index (χ1n) is 6.40. The molecule has 1 heterocycles. The Bertz CT molecular complexity index is 405. The highest BCUT2D eigenvalue weighted by atomic mass is 16.1. The Morgan fingerprint density at radius 2 is 1.88 bits per heavy atom. The fourth-order valence-corrected chi connectivity index (χ4v) is 2.18. The lowest BCUT2D eigenvalue weighted by Crippen LogP contribution is -2.45. The minimum atomic E-state index is -0.139. The highest BCUT2D eigenvalue weighted by Gasteiger charge is 2.33. The van der Waals surface area contributed by atoms with E-state index >= 15 is 0 Å². The first-order valence-corrected chi connectivity index (χ1v) is 6.40. The predicted octanol–water partition coefficient (Wildman–Crippen LogP) is 3.05. The molecule has 0 aliphatic carbocycles. The van der Waals surface area contributed by atoms with Gasteiger partial charge in [-0.25, -0.2) is 0 Å². The number of Topliss-reactive ketones (excluding diaryl/α,β-unsaturated/α-hetero) is 1. The molecule has 1 saturated heterocycles. The van der Waals surface area contributed by atoms with Crippen LogP contribution in [0.25, 0.3) is 0 Å². The van der Waals surface area contributed by atoms with Crippen LogP contribution in [0.4, 0.5) is 5.69 Å². The molecule has 0 atom stereocenters. The first-order chi connectivity index (χ1) is 8.03. The molecular formula is C15H21NO. The van der Waals surface area contributed by atoms with Crippen molar-refractivity contribution in [3.8, 4) is 0 Å². The van der Waals surface area contributed by atoms with Gasteiger partial charge in [0, 0.05) is 17.6 Å². The van der Waals surface area contributed by atoms with Crippen molar-refractivity contribution in [2.24, 2.45) is 5.41 Å². The van der Waals surface area contributed by atoms with E-state index in [0.717, 1.165) is 19.4 Å². The zero-order valence-corrected chi connectivity index (χ0v) is 11.0. The van der Waals surface area contributed by atoms with Crippen LogP contribution in [-0.2, 0) is 11.2 Å². The lowest BCUT2D eigenvalue weighted by molar-refractivity contribution is -0.127. The van der Waals surface area contributed by atoms with E-state index in [-0.39, 0.29) is 5.41 Å². The monoisotopic (exact) mass is 231 g/mol. The number of ketones is 1. The minimum absolute atomic E-state index is 0.139. The van der Waals surface area contributed by atoms with Crippen LogP contribution in [0.1, 0.15) is 32.8 Å². The number of hydrogen-bond acceptors (Lipinski definition) is 2. The third-order valence-electron chi connectivity index (χ3n) is 3.81. The van der Waals surface area contributed by atoms with Crippen LogP contribution in [-0.4, -0.2) is 18.9 Å². The third-order valence-corrected chi connectivity index (χ3v) is 3.81. The normalized spacial score (nSPS) is 19.5. The maximum absolute atomic E-state index is 12.0. The van der Waals surface area contributed by atoms with Gasteiger partial charge in [-0.3, -0.25) is 4.79 Å². The lowest BCUT2D eigenvalue weighted by atomic mass is 9.81. The van der Waals surface area contributed by atoms with E-state index in [1.54, 1.807) is 0 Å². The van der Waals surface area contributed by atoms with Crippen LogP contribution in [0.15, 0.2) is 24.3 Å². The second-order valence-electron chi connectivity index (χ2n) is 5.50. The molecule has 0 spiro atoms. The summed E-state index contributed by atoms with van der Waals surface area (Å²) >= 11 is 0. The summed E-state index contributed by atoms with van der Waals surface area (Å²) in [5, 5.41) is 0. The van der Waals surface area contributed by atoms with E-state index in [1.807, 2.05) is 13.8 Å². The van der Waals surface area contributed by atoms with Gasteiger partial charge in [-0.1, -0.05) is 32.9 Å². The summed E-state index contributed by atoms with van der Waals surface area (Å²) in [6, 6.07) is 8.56. The molecule has 2 heteroatoms. The average molecular weight is 231 g/mol. The van der Waals surface area contributed by atoms with Gasteiger partial charge in [0.15, 0.2) is 5.78 Å². The highest BCUT2D eigenvalue weighted by Crippen LogP contribution is 2.29. The SMILES string of the molecule is CCc1ccc(N2CCC(C)(C)C(=O)C2)cc1. The molecule has 0 aromatic heterocycles. The van der Waals surface area contributed by atoms with Crippen molar-refractivity contribution in [2.45, 2.75) is 33.6 Å². The zero-order chi connectivity index (χ0) is 12.5. The number of rotatable bonds is 2. The van der Waals surface area contributed by atoms with Gasteiger partial charge in [-0.15, -0.1) is 0 Å². The van der Waals surface area contributed by atoms with Crippen molar-refractivity contribution in [1.29, 1.82) is 0 Å². The predicted molar refractivity (Wildman–Crippen MR) is 71.4 cm³/mol. The Hall–Kier alpha value is -1.31. The second kappa shape index (κ2) is 4.52. The summed E-state index contributed by atoms with van der Waals surface area (Å²) in [6.07, 6.45) is 2.01. The molecule has 0 N–H and O–H groups in total. The molecule has 1 aromatic carbocycles. The van der Waals surface area contributed by atoms with Gasteiger partial charge in [0.25, 0.3) is 0 Å². The Morgan fingerprint density at radius 1 is 1.24 bits per heavy atom. The van der Waals surface area contributed by atoms with Gasteiger partial charge >= 0.3 is 0 Å². The van der Waals surface area contributed by atoms with E-state index in [4.69, 9.17) is 0 Å². The Labute approximate surface area is 104 Å². The van der Waals surface area contributed by atoms with Crippen molar-refractivity contribution in [3.63, 3.8) is 0 Å². The Morgan fingerprint density at radius 3 is 2.41 bits per heavy atom. The fourth-order valence-electron chi connectivity index (χ4n) is 2.18. The molecule has 17 heavy (non-hydrogen) atoms.